The van der Waals surface area contributed by atoms with Crippen molar-refractivity contribution in [3.05, 3.63) is 0 Å². The van der Waals surface area contributed by atoms with E-state index in [-0.39, 0.29) is 18.1 Å². The Morgan fingerprint density at radius 1 is 0.659 bits per heavy atom. The fourth-order valence-corrected chi connectivity index (χ4v) is 4.23. The molecule has 0 aliphatic carbocycles. The Morgan fingerprint density at radius 3 is 1.86 bits per heavy atom. The minimum absolute atomic E-state index is 0.0446. The molecule has 0 rings (SSSR count). The number of unbranched alkanes of at least 4 members (excludes halogenated alkanes) is 3. The van der Waals surface area contributed by atoms with Gasteiger partial charge < -0.3 is 28.4 Å². The van der Waals surface area contributed by atoms with Crippen LogP contribution in [0.3, 0.4) is 0 Å². The second-order valence-electron chi connectivity index (χ2n) is 14.0. The zero-order chi connectivity index (χ0) is 33.7. The van der Waals surface area contributed by atoms with Crippen LogP contribution in [-0.2, 0) is 43.2 Å². The first-order valence-electron chi connectivity index (χ1n) is 17.6. The maximum atomic E-state index is 6.57. The van der Waals surface area contributed by atoms with Crippen molar-refractivity contribution in [1.82, 2.24) is 0 Å². The van der Waals surface area contributed by atoms with Crippen LogP contribution in [0, 0.1) is 11.8 Å². The molecule has 0 spiro atoms. The van der Waals surface area contributed by atoms with Gasteiger partial charge in [-0.3, -0.25) is 0 Å². The predicted molar refractivity (Wildman–Crippen MR) is 176 cm³/mol. The molecular weight excluding hydrogens is 564 g/mol. The maximum Gasteiger partial charge on any atom is 0.342 e. The Hall–Kier alpha value is -0.360. The third-order valence-electron chi connectivity index (χ3n) is 6.66. The summed E-state index contributed by atoms with van der Waals surface area (Å²) < 4.78 is 38.8. The topological polar surface area (TPSA) is 83.1 Å². The Balaban J connectivity index is 6.28. The number of rotatable bonds is 29. The first kappa shape index (κ1) is 43.6. The summed E-state index contributed by atoms with van der Waals surface area (Å²) in [6, 6.07) is 0. The lowest BCUT2D eigenvalue weighted by atomic mass is 10.1. The average Bonchev–Trinajstić information content (AvgIpc) is 2.91. The summed E-state index contributed by atoms with van der Waals surface area (Å²) in [5, 5.41) is 5.33. The SMILES string of the molecule is CCCCCOC(CCCC(OC(C)C)C(OCCCC)(OCC(C)C)OOOCCC(C)C)(OC(C)CC)OC(C)(C)C. The molecule has 0 saturated carbocycles. The summed E-state index contributed by atoms with van der Waals surface area (Å²) in [6.45, 7) is 28.7. The highest BCUT2D eigenvalue weighted by molar-refractivity contribution is 4.76. The Labute approximate surface area is 271 Å². The average molecular weight is 637 g/mol. The molecular formula is C35H72O9. The van der Waals surface area contributed by atoms with E-state index >= 15 is 0 Å². The Kier molecular flexibility index (Phi) is 23.7. The summed E-state index contributed by atoms with van der Waals surface area (Å²) in [5.74, 6) is -2.14. The van der Waals surface area contributed by atoms with E-state index in [1.165, 1.54) is 0 Å². The van der Waals surface area contributed by atoms with Crippen molar-refractivity contribution in [2.45, 2.75) is 190 Å². The molecule has 44 heavy (non-hydrogen) atoms. The number of hydrogen-bond acceptors (Lipinski definition) is 9. The van der Waals surface area contributed by atoms with Crippen molar-refractivity contribution in [3.63, 3.8) is 0 Å². The predicted octanol–water partition coefficient (Wildman–Crippen LogP) is 9.51. The molecule has 9 nitrogen and oxygen atoms in total. The van der Waals surface area contributed by atoms with Gasteiger partial charge in [0.2, 0.25) is 0 Å². The van der Waals surface area contributed by atoms with E-state index in [9.17, 15) is 0 Å². The minimum Gasteiger partial charge on any atom is -0.367 e. The van der Waals surface area contributed by atoms with Gasteiger partial charge in [0.25, 0.3) is 5.97 Å². The molecule has 266 valence electrons. The second-order valence-corrected chi connectivity index (χ2v) is 14.0. The summed E-state index contributed by atoms with van der Waals surface area (Å²) in [6.07, 6.45) is 7.40. The molecule has 0 N–H and O–H groups in total. The van der Waals surface area contributed by atoms with Gasteiger partial charge in [0, 0.05) is 6.42 Å². The standard InChI is InChI=1S/C35H72O9/c1-14-17-19-25-36-34(41-31(10)16-3,42-33(11,12)13)23-20-21-32(40-30(8)9)35(37-24-18-15-2,38-27-29(6)7)43-44-39-26-22-28(4)5/h28-32H,14-27H2,1-13H3. The highest BCUT2D eigenvalue weighted by atomic mass is 17.5. The zero-order valence-electron chi connectivity index (χ0n) is 31.0. The van der Waals surface area contributed by atoms with Crippen molar-refractivity contribution in [2.75, 3.05) is 26.4 Å². The van der Waals surface area contributed by atoms with Crippen LogP contribution in [0.15, 0.2) is 0 Å². The van der Waals surface area contributed by atoms with Crippen molar-refractivity contribution in [2.24, 2.45) is 11.8 Å². The normalized spacial score (nSPS) is 16.9. The van der Waals surface area contributed by atoms with Gasteiger partial charge >= 0.3 is 5.97 Å². The van der Waals surface area contributed by atoms with Gasteiger partial charge in [-0.15, -0.1) is 4.89 Å². The summed E-state index contributed by atoms with van der Waals surface area (Å²) >= 11 is 0. The van der Waals surface area contributed by atoms with Crippen molar-refractivity contribution >= 4 is 0 Å². The van der Waals surface area contributed by atoms with E-state index < -0.39 is 23.7 Å². The fraction of sp³-hybridized carbons (Fsp3) is 1.00. The highest BCUT2D eigenvalue weighted by Crippen LogP contribution is 2.35. The lowest BCUT2D eigenvalue weighted by molar-refractivity contribution is -0.622. The number of hydrogen-bond donors (Lipinski definition) is 0. The zero-order valence-corrected chi connectivity index (χ0v) is 31.0. The quantitative estimate of drug-likeness (QED) is 0.0345. The smallest absolute Gasteiger partial charge is 0.342 e. The van der Waals surface area contributed by atoms with E-state index in [1.54, 1.807) is 0 Å². The third-order valence-corrected chi connectivity index (χ3v) is 6.66. The van der Waals surface area contributed by atoms with Crippen LogP contribution in [0.2, 0.25) is 0 Å². The minimum atomic E-state index is -1.63. The Morgan fingerprint density at radius 2 is 1.32 bits per heavy atom. The van der Waals surface area contributed by atoms with E-state index in [4.69, 9.17) is 43.2 Å². The van der Waals surface area contributed by atoms with Crippen LogP contribution in [0.1, 0.15) is 154 Å². The maximum absolute atomic E-state index is 6.57. The fourth-order valence-electron chi connectivity index (χ4n) is 4.23. The van der Waals surface area contributed by atoms with Crippen molar-refractivity contribution in [3.8, 4) is 0 Å². The van der Waals surface area contributed by atoms with Crippen LogP contribution in [0.25, 0.3) is 0 Å². The molecule has 0 amide bonds. The monoisotopic (exact) mass is 637 g/mol. The van der Waals surface area contributed by atoms with Gasteiger partial charge in [0.05, 0.1) is 44.2 Å². The first-order valence-corrected chi connectivity index (χ1v) is 17.6. The molecule has 0 aromatic rings. The molecule has 4 unspecified atom stereocenters. The molecule has 0 aliphatic heterocycles. The van der Waals surface area contributed by atoms with Crippen LogP contribution in [0.5, 0.6) is 0 Å². The third kappa shape index (κ3) is 20.7. The lowest BCUT2D eigenvalue weighted by Crippen LogP contribution is -2.53. The molecule has 0 radical (unpaired) electrons. The largest absolute Gasteiger partial charge is 0.367 e. The molecule has 0 fully saturated rings. The lowest BCUT2D eigenvalue weighted by Gasteiger charge is -2.41. The van der Waals surface area contributed by atoms with Gasteiger partial charge in [-0.1, -0.05) is 72.8 Å². The molecule has 0 bridgehead atoms. The van der Waals surface area contributed by atoms with E-state index in [0.717, 1.165) is 44.9 Å². The van der Waals surface area contributed by atoms with Crippen LogP contribution in [-0.4, -0.2) is 62.3 Å². The van der Waals surface area contributed by atoms with E-state index in [0.29, 0.717) is 51.6 Å². The van der Waals surface area contributed by atoms with Gasteiger partial charge in [0.15, 0.2) is 0 Å². The van der Waals surface area contributed by atoms with Gasteiger partial charge in [-0.2, -0.15) is 0 Å². The van der Waals surface area contributed by atoms with Gasteiger partial charge in [-0.25, -0.2) is 4.89 Å². The molecule has 0 aromatic carbocycles. The van der Waals surface area contributed by atoms with Crippen molar-refractivity contribution < 1.29 is 43.2 Å². The molecule has 0 saturated heterocycles. The van der Waals surface area contributed by atoms with Crippen LogP contribution >= 0.6 is 0 Å². The highest BCUT2D eigenvalue weighted by Gasteiger charge is 2.48. The molecule has 0 aromatic heterocycles. The first-order chi connectivity index (χ1) is 20.6. The van der Waals surface area contributed by atoms with Crippen LogP contribution in [0.4, 0.5) is 0 Å². The van der Waals surface area contributed by atoms with E-state index in [1.807, 2.05) is 34.6 Å². The number of ether oxygens (including phenoxy) is 6. The summed E-state index contributed by atoms with van der Waals surface area (Å²) in [5.41, 5.74) is -0.482. The van der Waals surface area contributed by atoms with Gasteiger partial charge in [-0.05, 0) is 91.9 Å². The molecule has 4 atom stereocenters. The van der Waals surface area contributed by atoms with Gasteiger partial charge in [0.1, 0.15) is 6.10 Å². The summed E-state index contributed by atoms with van der Waals surface area (Å²) in [4.78, 5) is 11.3. The molecule has 0 heterocycles. The molecule has 9 heteroatoms. The van der Waals surface area contributed by atoms with E-state index in [2.05, 4.69) is 55.4 Å². The molecule has 0 aliphatic rings. The van der Waals surface area contributed by atoms with Crippen molar-refractivity contribution in [1.29, 1.82) is 0 Å². The second kappa shape index (κ2) is 23.9. The van der Waals surface area contributed by atoms with Crippen LogP contribution < -0.4 is 0 Å². The Bertz CT molecular complexity index is 667. The summed E-state index contributed by atoms with van der Waals surface area (Å²) in [7, 11) is 0.